The summed E-state index contributed by atoms with van der Waals surface area (Å²) in [6.45, 7) is 1.81. The molecule has 1 amide bonds. The Bertz CT molecular complexity index is 312. The minimum absolute atomic E-state index is 0.212. The third-order valence-corrected chi connectivity index (χ3v) is 2.03. The second-order valence-electron chi connectivity index (χ2n) is 2.40. The average molecular weight is 185 g/mol. The van der Waals surface area contributed by atoms with Gasteiger partial charge < -0.3 is 5.32 Å². The van der Waals surface area contributed by atoms with Crippen molar-refractivity contribution in [1.82, 2.24) is 10.3 Å². The van der Waals surface area contributed by atoms with Crippen molar-refractivity contribution < 1.29 is 4.79 Å². The number of carbonyl (C=O) groups is 1. The number of hydrogen-bond donors (Lipinski definition) is 1. The lowest BCUT2D eigenvalue weighted by Crippen LogP contribution is -2.18. The van der Waals surface area contributed by atoms with Gasteiger partial charge in [0.15, 0.2) is 0 Å². The van der Waals surface area contributed by atoms with E-state index >= 15 is 0 Å². The maximum atomic E-state index is 11.2. The van der Waals surface area contributed by atoms with E-state index in [4.69, 9.17) is 11.6 Å². The summed E-state index contributed by atoms with van der Waals surface area (Å²) in [5.41, 5.74) is 1.22. The van der Waals surface area contributed by atoms with Gasteiger partial charge in [-0.05, 0) is 12.5 Å². The zero-order chi connectivity index (χ0) is 9.14. The minimum atomic E-state index is -0.212. The van der Waals surface area contributed by atoms with Crippen LogP contribution in [0.25, 0.3) is 0 Å². The first-order chi connectivity index (χ1) is 5.66. The molecule has 1 aromatic heterocycles. The monoisotopic (exact) mass is 184 g/mol. The first-order valence-corrected chi connectivity index (χ1v) is 3.86. The Labute approximate surface area is 75.8 Å². The largest absolute Gasteiger partial charge is 0.355 e. The molecule has 0 spiro atoms. The molecule has 0 radical (unpaired) electrons. The van der Waals surface area contributed by atoms with Crippen molar-refractivity contribution in [2.45, 2.75) is 6.92 Å². The van der Waals surface area contributed by atoms with Crippen molar-refractivity contribution in [1.29, 1.82) is 0 Å². The molecule has 0 unspecified atom stereocenters. The molecule has 0 saturated carbocycles. The highest BCUT2D eigenvalue weighted by molar-refractivity contribution is 6.34. The van der Waals surface area contributed by atoms with Crippen LogP contribution in [0.4, 0.5) is 0 Å². The number of amides is 1. The summed E-state index contributed by atoms with van der Waals surface area (Å²) < 4.78 is 0. The third-order valence-electron chi connectivity index (χ3n) is 1.53. The quantitative estimate of drug-likeness (QED) is 0.717. The number of hydrogen-bond acceptors (Lipinski definition) is 2. The van der Waals surface area contributed by atoms with Gasteiger partial charge in [-0.3, -0.25) is 9.78 Å². The van der Waals surface area contributed by atoms with E-state index in [2.05, 4.69) is 10.3 Å². The van der Waals surface area contributed by atoms with Gasteiger partial charge in [-0.2, -0.15) is 0 Å². The van der Waals surface area contributed by atoms with Crippen LogP contribution < -0.4 is 5.32 Å². The highest BCUT2D eigenvalue weighted by Gasteiger charge is 2.09. The summed E-state index contributed by atoms with van der Waals surface area (Å²) in [7, 11) is 1.56. The number of aryl methyl sites for hydroxylation is 1. The van der Waals surface area contributed by atoms with Crippen LogP contribution in [0.15, 0.2) is 12.4 Å². The van der Waals surface area contributed by atoms with Crippen LogP contribution in [-0.4, -0.2) is 17.9 Å². The van der Waals surface area contributed by atoms with E-state index in [1.54, 1.807) is 13.2 Å². The van der Waals surface area contributed by atoms with E-state index in [1.807, 2.05) is 6.92 Å². The molecule has 12 heavy (non-hydrogen) atoms. The highest BCUT2D eigenvalue weighted by Crippen LogP contribution is 2.18. The first kappa shape index (κ1) is 9.00. The Balaban J connectivity index is 3.16. The van der Waals surface area contributed by atoms with Gasteiger partial charge in [0, 0.05) is 19.4 Å². The third kappa shape index (κ3) is 1.56. The smallest absolute Gasteiger partial charge is 0.254 e. The van der Waals surface area contributed by atoms with Crippen LogP contribution in [-0.2, 0) is 0 Å². The Hall–Kier alpha value is -1.09. The normalized spacial score (nSPS) is 9.58. The number of nitrogens with zero attached hydrogens (tertiary/aromatic N) is 1. The van der Waals surface area contributed by atoms with Crippen LogP contribution in [0.1, 0.15) is 15.9 Å². The molecule has 0 fully saturated rings. The molecule has 0 aliphatic carbocycles. The van der Waals surface area contributed by atoms with Crippen LogP contribution >= 0.6 is 11.6 Å². The van der Waals surface area contributed by atoms with Crippen LogP contribution in [0, 0.1) is 6.92 Å². The summed E-state index contributed by atoms with van der Waals surface area (Å²) >= 11 is 5.87. The van der Waals surface area contributed by atoms with Crippen LogP contribution in [0.3, 0.4) is 0 Å². The number of carbonyl (C=O) groups excluding carboxylic acids is 1. The Morgan fingerprint density at radius 1 is 1.58 bits per heavy atom. The molecule has 1 N–H and O–H groups in total. The molecular weight excluding hydrogens is 176 g/mol. The van der Waals surface area contributed by atoms with Crippen molar-refractivity contribution >= 4 is 17.5 Å². The lowest BCUT2D eigenvalue weighted by molar-refractivity contribution is 0.0963. The fourth-order valence-electron chi connectivity index (χ4n) is 0.842. The van der Waals surface area contributed by atoms with Crippen molar-refractivity contribution in [3.8, 4) is 0 Å². The van der Waals surface area contributed by atoms with E-state index < -0.39 is 0 Å². The molecular formula is C8H9ClN2O. The summed E-state index contributed by atoms with van der Waals surface area (Å²) in [6.07, 6.45) is 3.07. The molecule has 3 nitrogen and oxygen atoms in total. The molecule has 0 aliphatic rings. The minimum Gasteiger partial charge on any atom is -0.355 e. The standard InChI is InChI=1S/C8H9ClN2O/c1-5-3-11-4-6(7(5)9)8(12)10-2/h3-4H,1-2H3,(H,10,12). The predicted octanol–water partition coefficient (Wildman–Crippen LogP) is 1.40. The number of rotatable bonds is 1. The van der Waals surface area contributed by atoms with Crippen LogP contribution in [0.5, 0.6) is 0 Å². The van der Waals surface area contributed by atoms with Gasteiger partial charge in [0.05, 0.1) is 10.6 Å². The lowest BCUT2D eigenvalue weighted by atomic mass is 10.2. The van der Waals surface area contributed by atoms with Crippen molar-refractivity contribution in [3.05, 3.63) is 28.5 Å². The fraction of sp³-hybridized carbons (Fsp3) is 0.250. The average Bonchev–Trinajstić information content (AvgIpc) is 2.08. The zero-order valence-corrected chi connectivity index (χ0v) is 7.64. The van der Waals surface area contributed by atoms with E-state index in [9.17, 15) is 4.79 Å². The van der Waals surface area contributed by atoms with Crippen LogP contribution in [0.2, 0.25) is 5.02 Å². The van der Waals surface area contributed by atoms with Crippen molar-refractivity contribution in [3.63, 3.8) is 0 Å². The molecule has 1 rings (SSSR count). The maximum absolute atomic E-state index is 11.2. The number of halogens is 1. The van der Waals surface area contributed by atoms with E-state index in [0.29, 0.717) is 10.6 Å². The van der Waals surface area contributed by atoms with E-state index in [-0.39, 0.29) is 5.91 Å². The highest BCUT2D eigenvalue weighted by atomic mass is 35.5. The van der Waals surface area contributed by atoms with Gasteiger partial charge in [0.25, 0.3) is 5.91 Å². The van der Waals surface area contributed by atoms with Crippen molar-refractivity contribution in [2.24, 2.45) is 0 Å². The SMILES string of the molecule is CNC(=O)c1cncc(C)c1Cl. The predicted molar refractivity (Wildman–Crippen MR) is 47.4 cm³/mol. The molecule has 0 bridgehead atoms. The fourth-order valence-corrected chi connectivity index (χ4v) is 1.03. The van der Waals surface area contributed by atoms with Crippen molar-refractivity contribution in [2.75, 3.05) is 7.05 Å². The molecule has 0 saturated heterocycles. The van der Waals surface area contributed by atoms with Gasteiger partial charge in [0.2, 0.25) is 0 Å². The Morgan fingerprint density at radius 2 is 2.25 bits per heavy atom. The van der Waals surface area contributed by atoms with E-state index in [0.717, 1.165) is 5.56 Å². The van der Waals surface area contributed by atoms with Gasteiger partial charge in [-0.15, -0.1) is 0 Å². The molecule has 1 aromatic rings. The molecule has 0 aromatic carbocycles. The van der Waals surface area contributed by atoms with Gasteiger partial charge in [-0.25, -0.2) is 0 Å². The number of pyridine rings is 1. The first-order valence-electron chi connectivity index (χ1n) is 3.49. The number of aromatic nitrogens is 1. The molecule has 1 heterocycles. The zero-order valence-electron chi connectivity index (χ0n) is 6.89. The summed E-state index contributed by atoms with van der Waals surface area (Å²) in [5.74, 6) is -0.212. The van der Waals surface area contributed by atoms with E-state index in [1.165, 1.54) is 6.20 Å². The lowest BCUT2D eigenvalue weighted by Gasteiger charge is -2.03. The molecule has 0 atom stereocenters. The topological polar surface area (TPSA) is 42.0 Å². The van der Waals surface area contributed by atoms with Gasteiger partial charge >= 0.3 is 0 Å². The second-order valence-corrected chi connectivity index (χ2v) is 2.78. The molecule has 4 heteroatoms. The Morgan fingerprint density at radius 3 is 2.83 bits per heavy atom. The van der Waals surface area contributed by atoms with Gasteiger partial charge in [0.1, 0.15) is 0 Å². The van der Waals surface area contributed by atoms with Gasteiger partial charge in [-0.1, -0.05) is 11.6 Å². The Kier molecular flexibility index (Phi) is 2.65. The molecule has 0 aliphatic heterocycles. The number of nitrogens with one attached hydrogen (secondary N) is 1. The maximum Gasteiger partial charge on any atom is 0.254 e. The summed E-state index contributed by atoms with van der Waals surface area (Å²) in [6, 6.07) is 0. The molecule has 64 valence electrons. The second kappa shape index (κ2) is 3.54. The summed E-state index contributed by atoms with van der Waals surface area (Å²) in [5, 5.41) is 2.95. The summed E-state index contributed by atoms with van der Waals surface area (Å²) in [4.78, 5) is 15.0.